The highest BCUT2D eigenvalue weighted by Crippen LogP contribution is 2.36. The first-order chi connectivity index (χ1) is 12.6. The molecule has 1 atom stereocenters. The molecule has 3 heterocycles. The molecule has 2 aromatic heterocycles. The van der Waals surface area contributed by atoms with E-state index in [1.165, 1.54) is 24.2 Å². The Labute approximate surface area is 160 Å². The molecule has 3 aromatic rings. The number of rotatable bonds is 4. The summed E-state index contributed by atoms with van der Waals surface area (Å²) in [5.41, 5.74) is 7.73. The van der Waals surface area contributed by atoms with Crippen molar-refractivity contribution in [3.05, 3.63) is 46.7 Å². The van der Waals surface area contributed by atoms with Gasteiger partial charge in [-0.05, 0) is 43.1 Å². The molecule has 0 bridgehead atoms. The summed E-state index contributed by atoms with van der Waals surface area (Å²) >= 11 is 7.51. The topological polar surface area (TPSA) is 80.9 Å². The summed E-state index contributed by atoms with van der Waals surface area (Å²) in [5, 5.41) is 13.7. The SMILES string of the molecule is NC(=O)c1nnc(CC2CCCCN2)c2cc(-c3ccc(Cl)cc3)sc12. The van der Waals surface area contributed by atoms with Crippen molar-refractivity contribution in [2.75, 3.05) is 6.54 Å². The summed E-state index contributed by atoms with van der Waals surface area (Å²) in [7, 11) is 0. The molecule has 26 heavy (non-hydrogen) atoms. The van der Waals surface area contributed by atoms with Crippen LogP contribution in [0.5, 0.6) is 0 Å². The third kappa shape index (κ3) is 3.45. The number of piperidine rings is 1. The average molecular weight is 387 g/mol. The van der Waals surface area contributed by atoms with E-state index < -0.39 is 5.91 Å². The number of primary amides is 1. The van der Waals surface area contributed by atoms with Gasteiger partial charge in [-0.1, -0.05) is 30.2 Å². The second kappa shape index (κ2) is 7.31. The molecule has 0 aliphatic carbocycles. The molecule has 0 saturated carbocycles. The van der Waals surface area contributed by atoms with Gasteiger partial charge < -0.3 is 11.1 Å². The Morgan fingerprint density at radius 2 is 2.08 bits per heavy atom. The first-order valence-electron chi connectivity index (χ1n) is 8.70. The quantitative estimate of drug-likeness (QED) is 0.714. The number of fused-ring (bicyclic) bond motifs is 1. The van der Waals surface area contributed by atoms with Crippen molar-refractivity contribution in [1.29, 1.82) is 0 Å². The lowest BCUT2D eigenvalue weighted by Crippen LogP contribution is -2.36. The fourth-order valence-electron chi connectivity index (χ4n) is 3.39. The zero-order chi connectivity index (χ0) is 18.1. The maximum atomic E-state index is 11.8. The molecular formula is C19H19ClN4OS. The van der Waals surface area contributed by atoms with Gasteiger partial charge in [0.05, 0.1) is 10.4 Å². The summed E-state index contributed by atoms with van der Waals surface area (Å²) in [6.45, 7) is 1.04. The third-order valence-corrected chi connectivity index (χ3v) is 6.19. The van der Waals surface area contributed by atoms with Gasteiger partial charge in [-0.15, -0.1) is 16.4 Å². The molecule has 1 fully saturated rings. The van der Waals surface area contributed by atoms with E-state index in [0.29, 0.717) is 11.1 Å². The molecule has 4 rings (SSSR count). The molecule has 1 saturated heterocycles. The standard InChI is InChI=1S/C19H19ClN4OS/c20-12-6-4-11(5-7-12)16-10-14-15(9-13-3-1-2-8-22-13)23-24-17(19(21)25)18(14)26-16/h4-7,10,13,22H,1-3,8-9H2,(H2,21,25). The molecule has 5 nitrogen and oxygen atoms in total. The van der Waals surface area contributed by atoms with Crippen LogP contribution < -0.4 is 11.1 Å². The fraction of sp³-hybridized carbons (Fsp3) is 0.316. The Morgan fingerprint density at radius 1 is 1.27 bits per heavy atom. The highest BCUT2D eigenvalue weighted by molar-refractivity contribution is 7.22. The number of nitrogens with one attached hydrogen (secondary N) is 1. The van der Waals surface area contributed by atoms with E-state index in [-0.39, 0.29) is 5.69 Å². The number of aromatic nitrogens is 2. The van der Waals surface area contributed by atoms with E-state index in [9.17, 15) is 4.79 Å². The zero-order valence-corrected chi connectivity index (χ0v) is 15.7. The Bertz CT molecular complexity index is 948. The predicted molar refractivity (Wildman–Crippen MR) is 106 cm³/mol. The lowest BCUT2D eigenvalue weighted by atomic mass is 9.99. The van der Waals surface area contributed by atoms with Gasteiger partial charge in [0.2, 0.25) is 0 Å². The van der Waals surface area contributed by atoms with Crippen LogP contribution in [-0.4, -0.2) is 28.7 Å². The van der Waals surface area contributed by atoms with Crippen molar-refractivity contribution in [1.82, 2.24) is 15.5 Å². The van der Waals surface area contributed by atoms with Crippen molar-refractivity contribution >= 4 is 38.9 Å². The Hall–Kier alpha value is -2.02. The van der Waals surface area contributed by atoms with E-state index in [0.717, 1.165) is 45.6 Å². The molecule has 1 amide bonds. The molecule has 0 radical (unpaired) electrons. The van der Waals surface area contributed by atoms with E-state index in [4.69, 9.17) is 17.3 Å². The smallest absolute Gasteiger partial charge is 0.270 e. The van der Waals surface area contributed by atoms with E-state index in [1.807, 2.05) is 24.3 Å². The van der Waals surface area contributed by atoms with Gasteiger partial charge in [0.15, 0.2) is 5.69 Å². The first kappa shape index (κ1) is 17.4. The number of hydrogen-bond acceptors (Lipinski definition) is 5. The number of thiophene rings is 1. The number of hydrogen-bond donors (Lipinski definition) is 2. The number of nitrogens with zero attached hydrogens (tertiary/aromatic N) is 2. The molecule has 134 valence electrons. The van der Waals surface area contributed by atoms with Crippen molar-refractivity contribution in [2.45, 2.75) is 31.7 Å². The second-order valence-corrected chi connectivity index (χ2v) is 8.06. The third-order valence-electron chi connectivity index (χ3n) is 4.74. The highest BCUT2D eigenvalue weighted by atomic mass is 35.5. The highest BCUT2D eigenvalue weighted by Gasteiger charge is 2.21. The molecule has 1 aromatic carbocycles. The van der Waals surface area contributed by atoms with Gasteiger partial charge >= 0.3 is 0 Å². The zero-order valence-electron chi connectivity index (χ0n) is 14.2. The maximum Gasteiger partial charge on any atom is 0.270 e. The van der Waals surface area contributed by atoms with E-state index >= 15 is 0 Å². The van der Waals surface area contributed by atoms with Gasteiger partial charge in [0.1, 0.15) is 0 Å². The number of carbonyl (C=O) groups excluding carboxylic acids is 1. The lowest BCUT2D eigenvalue weighted by molar-refractivity contribution is 0.0996. The Balaban J connectivity index is 1.78. The lowest BCUT2D eigenvalue weighted by Gasteiger charge is -2.23. The van der Waals surface area contributed by atoms with Gasteiger partial charge in [0, 0.05) is 27.7 Å². The number of carbonyl (C=O) groups is 1. The monoisotopic (exact) mass is 386 g/mol. The van der Waals surface area contributed by atoms with Gasteiger partial charge in [-0.25, -0.2) is 0 Å². The fourth-order valence-corrected chi connectivity index (χ4v) is 4.69. The summed E-state index contributed by atoms with van der Waals surface area (Å²) in [4.78, 5) is 12.9. The van der Waals surface area contributed by atoms with Gasteiger partial charge in [-0.2, -0.15) is 5.10 Å². The Kier molecular flexibility index (Phi) is 4.89. The largest absolute Gasteiger partial charge is 0.364 e. The van der Waals surface area contributed by atoms with Crippen LogP contribution in [0.15, 0.2) is 30.3 Å². The molecule has 1 unspecified atom stereocenters. The van der Waals surface area contributed by atoms with Crippen LogP contribution in [0.3, 0.4) is 0 Å². The van der Waals surface area contributed by atoms with Crippen LogP contribution in [0.25, 0.3) is 20.5 Å². The summed E-state index contributed by atoms with van der Waals surface area (Å²) < 4.78 is 0.809. The summed E-state index contributed by atoms with van der Waals surface area (Å²) in [6.07, 6.45) is 4.39. The molecule has 1 aliphatic heterocycles. The number of benzene rings is 1. The van der Waals surface area contributed by atoms with Crippen LogP contribution in [0.2, 0.25) is 5.02 Å². The molecule has 7 heteroatoms. The average Bonchev–Trinajstić information content (AvgIpc) is 3.09. The van der Waals surface area contributed by atoms with Crippen molar-refractivity contribution in [3.8, 4) is 10.4 Å². The minimum atomic E-state index is -0.547. The number of halogens is 1. The van der Waals surface area contributed by atoms with Gasteiger partial charge in [0.25, 0.3) is 5.91 Å². The second-order valence-electron chi connectivity index (χ2n) is 6.57. The van der Waals surface area contributed by atoms with Crippen LogP contribution in [0, 0.1) is 0 Å². The minimum Gasteiger partial charge on any atom is -0.364 e. The van der Waals surface area contributed by atoms with Gasteiger partial charge in [-0.3, -0.25) is 4.79 Å². The molecule has 1 aliphatic rings. The number of nitrogens with two attached hydrogens (primary N) is 1. The maximum absolute atomic E-state index is 11.8. The molecule has 3 N–H and O–H groups in total. The van der Waals surface area contributed by atoms with E-state index in [2.05, 4.69) is 21.6 Å². The number of amides is 1. The van der Waals surface area contributed by atoms with Crippen LogP contribution in [0.1, 0.15) is 35.4 Å². The molecular weight excluding hydrogens is 368 g/mol. The summed E-state index contributed by atoms with van der Waals surface area (Å²) in [6, 6.07) is 10.2. The predicted octanol–water partition coefficient (Wildman–Crippen LogP) is 3.80. The van der Waals surface area contributed by atoms with Crippen LogP contribution in [-0.2, 0) is 6.42 Å². The molecule has 0 spiro atoms. The minimum absolute atomic E-state index is 0.241. The van der Waals surface area contributed by atoms with Crippen molar-refractivity contribution in [2.24, 2.45) is 5.73 Å². The van der Waals surface area contributed by atoms with Crippen LogP contribution in [0.4, 0.5) is 0 Å². The summed E-state index contributed by atoms with van der Waals surface area (Å²) in [5.74, 6) is -0.547. The van der Waals surface area contributed by atoms with E-state index in [1.54, 1.807) is 0 Å². The van der Waals surface area contributed by atoms with Crippen LogP contribution >= 0.6 is 22.9 Å². The van der Waals surface area contributed by atoms with Crippen molar-refractivity contribution < 1.29 is 4.79 Å². The normalized spacial score (nSPS) is 17.5. The van der Waals surface area contributed by atoms with Crippen molar-refractivity contribution in [3.63, 3.8) is 0 Å². The first-order valence-corrected chi connectivity index (χ1v) is 9.89. The Morgan fingerprint density at radius 3 is 2.77 bits per heavy atom.